The van der Waals surface area contributed by atoms with E-state index in [0.717, 1.165) is 6.92 Å². The summed E-state index contributed by atoms with van der Waals surface area (Å²) in [6, 6.07) is 10.1. The van der Waals surface area contributed by atoms with Gasteiger partial charge in [-0.05, 0) is 18.3 Å². The van der Waals surface area contributed by atoms with Crippen molar-refractivity contribution in [3.63, 3.8) is 0 Å². The van der Waals surface area contributed by atoms with Crippen molar-refractivity contribution in [2.45, 2.75) is 26.1 Å². The van der Waals surface area contributed by atoms with E-state index in [1.807, 2.05) is 18.2 Å². The van der Waals surface area contributed by atoms with E-state index >= 15 is 0 Å². The Hall–Kier alpha value is -0.883. The van der Waals surface area contributed by atoms with Crippen molar-refractivity contribution >= 4 is 31.1 Å². The lowest BCUT2D eigenvalue weighted by Crippen LogP contribution is -2.48. The van der Waals surface area contributed by atoms with Gasteiger partial charge < -0.3 is 14.6 Å². The van der Waals surface area contributed by atoms with Crippen molar-refractivity contribution < 1.29 is 19.4 Å². The van der Waals surface area contributed by atoms with Gasteiger partial charge in [-0.3, -0.25) is 4.79 Å². The number of hydrogen-bond donors (Lipinski definition) is 2. The summed E-state index contributed by atoms with van der Waals surface area (Å²) in [6.45, 7) is 5.28. The first-order chi connectivity index (χ1) is 8.83. The van der Waals surface area contributed by atoms with Gasteiger partial charge >= 0.3 is 0 Å². The Morgan fingerprint density at radius 2 is 1.84 bits per heavy atom. The molecule has 0 aliphatic heterocycles. The van der Waals surface area contributed by atoms with Crippen LogP contribution in [-0.4, -0.2) is 43.1 Å². The van der Waals surface area contributed by atoms with Crippen molar-refractivity contribution in [2.24, 2.45) is 0 Å². The van der Waals surface area contributed by atoms with E-state index in [4.69, 9.17) is 31.0 Å². The van der Waals surface area contributed by atoms with Crippen LogP contribution < -0.4 is 5.19 Å². The van der Waals surface area contributed by atoms with E-state index in [1.54, 1.807) is 0 Å². The molecule has 6 heteroatoms. The van der Waals surface area contributed by atoms with Crippen LogP contribution in [0.2, 0.25) is 13.1 Å². The summed E-state index contributed by atoms with van der Waals surface area (Å²) in [6.07, 6.45) is -0.256. The van der Waals surface area contributed by atoms with Crippen LogP contribution in [0.4, 0.5) is 0 Å². The predicted molar refractivity (Wildman–Crippen MR) is 79.5 cm³/mol. The monoisotopic (exact) mass is 304 g/mol. The van der Waals surface area contributed by atoms with Gasteiger partial charge in [0.25, 0.3) is 5.97 Å². The fourth-order valence-corrected chi connectivity index (χ4v) is 3.83. The topological polar surface area (TPSA) is 66.8 Å². The molecule has 19 heavy (non-hydrogen) atoms. The maximum atomic E-state index is 9.05. The smallest absolute Gasteiger partial charge is 0.300 e. The van der Waals surface area contributed by atoms with Gasteiger partial charge in [-0.1, -0.05) is 30.3 Å². The molecule has 1 rings (SSSR count). The number of alkyl halides is 1. The molecule has 0 bridgehead atoms. The average molecular weight is 305 g/mol. The molecule has 1 aromatic carbocycles. The lowest BCUT2D eigenvalue weighted by atomic mass is 10.4. The number of halogens is 1. The number of carboxylic acids is 1. The summed E-state index contributed by atoms with van der Waals surface area (Å²) in [5, 5.41) is 17.7. The zero-order valence-corrected chi connectivity index (χ0v) is 13.2. The number of aliphatic hydroxyl groups excluding tert-OH is 1. The van der Waals surface area contributed by atoms with Gasteiger partial charge in [-0.25, -0.2) is 0 Å². The molecule has 1 aromatic rings. The van der Waals surface area contributed by atoms with Gasteiger partial charge in [0.1, 0.15) is 0 Å². The molecule has 0 saturated heterocycles. The molecule has 0 spiro atoms. The number of benzene rings is 1. The van der Waals surface area contributed by atoms with Crippen LogP contribution in [0.15, 0.2) is 30.3 Å². The molecule has 0 fully saturated rings. The molecule has 2 N–H and O–H groups in total. The minimum atomic E-state index is -1.93. The van der Waals surface area contributed by atoms with Crippen molar-refractivity contribution in [3.8, 4) is 0 Å². The third-order valence-corrected chi connectivity index (χ3v) is 5.30. The Labute approximate surface area is 120 Å². The molecule has 0 saturated carbocycles. The highest BCUT2D eigenvalue weighted by Gasteiger charge is 2.28. The molecule has 0 amide bonds. The maximum absolute atomic E-state index is 9.05. The number of aliphatic hydroxyl groups is 1. The van der Waals surface area contributed by atoms with Crippen molar-refractivity contribution in [1.29, 1.82) is 0 Å². The highest BCUT2D eigenvalue weighted by atomic mass is 35.5. The Bertz CT molecular complexity index is 362. The summed E-state index contributed by atoms with van der Waals surface area (Å²) in [4.78, 5) is 9.00. The van der Waals surface area contributed by atoms with Crippen LogP contribution >= 0.6 is 11.6 Å². The molecule has 0 heterocycles. The summed E-state index contributed by atoms with van der Waals surface area (Å²) in [7, 11) is -1.93. The molecule has 1 atom stereocenters. The standard InChI is InChI=1S/C11H17ClO2Si.C2H4O2/c1-15(2,14-10(8-12)9-13)11-6-4-3-5-7-11;1-2(3)4/h3-7,10,13H,8-9H2,1-2H3;1H3,(H,3,4). The summed E-state index contributed by atoms with van der Waals surface area (Å²) in [5.41, 5.74) is 0. The quantitative estimate of drug-likeness (QED) is 0.643. The fraction of sp³-hybridized carbons (Fsp3) is 0.462. The van der Waals surface area contributed by atoms with Crippen LogP contribution in [0.5, 0.6) is 0 Å². The zero-order chi connectivity index (χ0) is 14.9. The summed E-state index contributed by atoms with van der Waals surface area (Å²) >= 11 is 5.70. The second-order valence-corrected chi connectivity index (χ2v) is 8.61. The second-order valence-electron chi connectivity index (χ2n) is 4.47. The van der Waals surface area contributed by atoms with Crippen LogP contribution in [0, 0.1) is 0 Å². The Kier molecular flexibility index (Phi) is 8.67. The van der Waals surface area contributed by atoms with Crippen LogP contribution in [0.3, 0.4) is 0 Å². The van der Waals surface area contributed by atoms with E-state index in [1.165, 1.54) is 5.19 Å². The summed E-state index contributed by atoms with van der Waals surface area (Å²) < 4.78 is 5.88. The van der Waals surface area contributed by atoms with Gasteiger partial charge in [-0.2, -0.15) is 0 Å². The maximum Gasteiger partial charge on any atom is 0.300 e. The highest BCUT2D eigenvalue weighted by Crippen LogP contribution is 2.09. The molecule has 0 radical (unpaired) electrons. The first-order valence-electron chi connectivity index (χ1n) is 5.93. The van der Waals surface area contributed by atoms with E-state index in [0.29, 0.717) is 5.88 Å². The van der Waals surface area contributed by atoms with Crippen molar-refractivity contribution in [3.05, 3.63) is 30.3 Å². The SMILES string of the molecule is CC(=O)O.C[Si](C)(OC(CO)CCl)c1ccccc1. The lowest BCUT2D eigenvalue weighted by Gasteiger charge is -2.27. The zero-order valence-electron chi connectivity index (χ0n) is 11.5. The molecule has 0 aromatic heterocycles. The number of aliphatic carboxylic acids is 1. The third kappa shape index (κ3) is 8.00. The normalized spacial score (nSPS) is 12.3. The number of hydrogen-bond acceptors (Lipinski definition) is 3. The van der Waals surface area contributed by atoms with Crippen LogP contribution in [-0.2, 0) is 9.22 Å². The van der Waals surface area contributed by atoms with Crippen LogP contribution in [0.25, 0.3) is 0 Å². The molecule has 0 aliphatic carbocycles. The third-order valence-electron chi connectivity index (χ3n) is 2.31. The minimum absolute atomic E-state index is 0.0211. The van der Waals surface area contributed by atoms with E-state index in [-0.39, 0.29) is 12.7 Å². The Morgan fingerprint density at radius 3 is 2.21 bits per heavy atom. The van der Waals surface area contributed by atoms with Gasteiger partial charge in [0.05, 0.1) is 12.7 Å². The van der Waals surface area contributed by atoms with E-state index < -0.39 is 14.3 Å². The highest BCUT2D eigenvalue weighted by molar-refractivity contribution is 6.84. The van der Waals surface area contributed by atoms with E-state index in [9.17, 15) is 0 Å². The van der Waals surface area contributed by atoms with Crippen LogP contribution in [0.1, 0.15) is 6.92 Å². The molecule has 1 unspecified atom stereocenters. The van der Waals surface area contributed by atoms with Gasteiger partial charge in [0.2, 0.25) is 8.32 Å². The van der Waals surface area contributed by atoms with Gasteiger partial charge in [0.15, 0.2) is 0 Å². The Balaban J connectivity index is 0.000000711. The van der Waals surface area contributed by atoms with Crippen molar-refractivity contribution in [2.75, 3.05) is 12.5 Å². The number of carbonyl (C=O) groups is 1. The second kappa shape index (κ2) is 9.09. The van der Waals surface area contributed by atoms with Gasteiger partial charge in [-0.15, -0.1) is 11.6 Å². The largest absolute Gasteiger partial charge is 0.481 e. The number of rotatable bonds is 5. The first kappa shape index (κ1) is 18.1. The number of carboxylic acid groups (broad SMARTS) is 1. The van der Waals surface area contributed by atoms with Crippen molar-refractivity contribution in [1.82, 2.24) is 0 Å². The van der Waals surface area contributed by atoms with E-state index in [2.05, 4.69) is 25.2 Å². The van der Waals surface area contributed by atoms with Gasteiger partial charge in [0, 0.05) is 12.8 Å². The summed E-state index contributed by atoms with van der Waals surface area (Å²) in [5.74, 6) is -0.500. The lowest BCUT2D eigenvalue weighted by molar-refractivity contribution is -0.134. The molecular weight excluding hydrogens is 284 g/mol. The first-order valence-corrected chi connectivity index (χ1v) is 9.37. The average Bonchev–Trinajstić information content (AvgIpc) is 2.36. The predicted octanol–water partition coefficient (Wildman–Crippen LogP) is 1.81. The minimum Gasteiger partial charge on any atom is -0.481 e. The molecule has 0 aliphatic rings. The Morgan fingerprint density at radius 1 is 1.37 bits per heavy atom. The fourth-order valence-electron chi connectivity index (χ4n) is 1.44. The molecule has 4 nitrogen and oxygen atoms in total. The molecule has 108 valence electrons. The molecular formula is C13H21ClO4Si.